The minimum Gasteiger partial charge on any atom is -0.504 e. The molecule has 0 atom stereocenters. The normalized spacial score (nSPS) is 9.80. The summed E-state index contributed by atoms with van der Waals surface area (Å²) in [5, 5.41) is 8.66. The van der Waals surface area contributed by atoms with Gasteiger partial charge in [-0.2, -0.15) is 0 Å². The van der Waals surface area contributed by atoms with E-state index in [1.807, 2.05) is 0 Å². The van der Waals surface area contributed by atoms with Gasteiger partial charge < -0.3 is 10.8 Å². The number of phenolic OH excluding ortho intramolecular Hbond substituents is 1. The smallest absolute Gasteiger partial charge is 0.172 e. The highest BCUT2D eigenvalue weighted by molar-refractivity contribution is 6.34. The molecule has 4 heteroatoms. The van der Waals surface area contributed by atoms with E-state index in [0.717, 1.165) is 6.07 Å². The van der Waals surface area contributed by atoms with Gasteiger partial charge in [-0.05, 0) is 12.1 Å². The predicted molar refractivity (Wildman–Crippen MR) is 37.5 cm³/mol. The Morgan fingerprint density at radius 3 is 2.60 bits per heavy atom. The van der Waals surface area contributed by atoms with Crippen molar-refractivity contribution in [1.82, 2.24) is 0 Å². The molecule has 0 saturated heterocycles. The van der Waals surface area contributed by atoms with Gasteiger partial charge in [0, 0.05) is 0 Å². The summed E-state index contributed by atoms with van der Waals surface area (Å²) >= 11 is 5.37. The number of nitrogen functional groups attached to an aromatic ring is 1. The molecule has 0 radical (unpaired) electrons. The SMILES string of the molecule is Nc1ccc(F)c(O)c1Cl. The third kappa shape index (κ3) is 0.998. The molecule has 0 unspecified atom stereocenters. The molecule has 0 fully saturated rings. The standard InChI is InChI=1S/C6H5ClFNO/c7-5-4(9)2-1-3(8)6(5)10/h1-2,10H,9H2. The van der Waals surface area contributed by atoms with Gasteiger partial charge in [-0.3, -0.25) is 0 Å². The molecule has 1 rings (SSSR count). The van der Waals surface area contributed by atoms with Crippen molar-refractivity contribution in [3.8, 4) is 5.75 Å². The molecule has 0 heterocycles. The summed E-state index contributed by atoms with van der Waals surface area (Å²) in [6.07, 6.45) is 0. The molecule has 0 spiro atoms. The summed E-state index contributed by atoms with van der Waals surface area (Å²) in [7, 11) is 0. The first-order valence-electron chi connectivity index (χ1n) is 2.55. The Hall–Kier alpha value is -0.960. The Labute approximate surface area is 62.0 Å². The second-order valence-corrected chi connectivity index (χ2v) is 2.18. The minimum atomic E-state index is -0.765. The van der Waals surface area contributed by atoms with Gasteiger partial charge in [0.15, 0.2) is 11.6 Å². The van der Waals surface area contributed by atoms with Gasteiger partial charge in [0.1, 0.15) is 5.02 Å². The van der Waals surface area contributed by atoms with Crippen LogP contribution in [0.1, 0.15) is 0 Å². The lowest BCUT2D eigenvalue weighted by Crippen LogP contribution is -1.87. The summed E-state index contributed by atoms with van der Waals surface area (Å²) in [4.78, 5) is 0. The Morgan fingerprint density at radius 1 is 1.50 bits per heavy atom. The van der Waals surface area contributed by atoms with Crippen LogP contribution in [0.25, 0.3) is 0 Å². The van der Waals surface area contributed by atoms with Crippen molar-refractivity contribution in [3.05, 3.63) is 23.0 Å². The summed E-state index contributed by atoms with van der Waals surface area (Å²) in [6, 6.07) is 2.34. The lowest BCUT2D eigenvalue weighted by Gasteiger charge is -1.99. The fourth-order valence-electron chi connectivity index (χ4n) is 0.557. The van der Waals surface area contributed by atoms with Crippen molar-refractivity contribution in [1.29, 1.82) is 0 Å². The zero-order chi connectivity index (χ0) is 7.72. The number of aromatic hydroxyl groups is 1. The molecule has 1 aromatic rings. The lowest BCUT2D eigenvalue weighted by atomic mass is 10.3. The minimum absolute atomic E-state index is 0.139. The maximum Gasteiger partial charge on any atom is 0.172 e. The maximum absolute atomic E-state index is 12.4. The van der Waals surface area contributed by atoms with E-state index in [1.54, 1.807) is 0 Å². The Kier molecular flexibility index (Phi) is 1.68. The topological polar surface area (TPSA) is 46.2 Å². The van der Waals surface area contributed by atoms with Gasteiger partial charge in [0.2, 0.25) is 0 Å². The highest BCUT2D eigenvalue weighted by atomic mass is 35.5. The molecule has 3 N–H and O–H groups in total. The van der Waals surface area contributed by atoms with Gasteiger partial charge >= 0.3 is 0 Å². The molecule has 0 saturated carbocycles. The van der Waals surface area contributed by atoms with E-state index in [1.165, 1.54) is 6.07 Å². The van der Waals surface area contributed by atoms with Gasteiger partial charge in [-0.25, -0.2) is 4.39 Å². The van der Waals surface area contributed by atoms with E-state index in [0.29, 0.717) is 0 Å². The second kappa shape index (κ2) is 2.34. The van der Waals surface area contributed by atoms with Crippen molar-refractivity contribution in [2.24, 2.45) is 0 Å². The molecule has 0 aromatic heterocycles. The summed E-state index contributed by atoms with van der Waals surface area (Å²) < 4.78 is 12.4. The quantitative estimate of drug-likeness (QED) is 0.570. The highest BCUT2D eigenvalue weighted by Crippen LogP contribution is 2.30. The van der Waals surface area contributed by atoms with E-state index < -0.39 is 11.6 Å². The Balaban J connectivity index is 3.34. The molecule has 54 valence electrons. The molecule has 2 nitrogen and oxygen atoms in total. The molecular weight excluding hydrogens is 157 g/mol. The van der Waals surface area contributed by atoms with Crippen LogP contribution >= 0.6 is 11.6 Å². The van der Waals surface area contributed by atoms with E-state index in [-0.39, 0.29) is 10.7 Å². The van der Waals surface area contributed by atoms with E-state index in [2.05, 4.69) is 0 Å². The predicted octanol–water partition coefficient (Wildman–Crippen LogP) is 1.77. The molecule has 0 aliphatic heterocycles. The zero-order valence-corrected chi connectivity index (χ0v) is 5.69. The maximum atomic E-state index is 12.4. The first kappa shape index (κ1) is 7.15. The second-order valence-electron chi connectivity index (χ2n) is 1.80. The van der Waals surface area contributed by atoms with Gasteiger partial charge in [-0.1, -0.05) is 11.6 Å². The van der Waals surface area contributed by atoms with Crippen LogP contribution in [-0.2, 0) is 0 Å². The summed E-state index contributed by atoms with van der Waals surface area (Å²) in [5.74, 6) is -1.36. The molecule has 0 amide bonds. The third-order valence-corrected chi connectivity index (χ3v) is 1.49. The van der Waals surface area contributed by atoms with Crippen LogP contribution in [-0.4, -0.2) is 5.11 Å². The van der Waals surface area contributed by atoms with Crippen molar-refractivity contribution >= 4 is 17.3 Å². The van der Waals surface area contributed by atoms with Crippen LogP contribution in [0.4, 0.5) is 10.1 Å². The van der Waals surface area contributed by atoms with Crippen LogP contribution in [0.15, 0.2) is 12.1 Å². The molecule has 10 heavy (non-hydrogen) atoms. The first-order valence-corrected chi connectivity index (χ1v) is 2.93. The van der Waals surface area contributed by atoms with Crippen molar-refractivity contribution in [2.75, 3.05) is 5.73 Å². The van der Waals surface area contributed by atoms with Gasteiger partial charge in [0.25, 0.3) is 0 Å². The van der Waals surface area contributed by atoms with Crippen molar-refractivity contribution < 1.29 is 9.50 Å². The summed E-state index contributed by atoms with van der Waals surface area (Å²) in [6.45, 7) is 0. The third-order valence-electron chi connectivity index (χ3n) is 1.10. The van der Waals surface area contributed by atoms with Gasteiger partial charge in [0.05, 0.1) is 5.69 Å². The number of anilines is 1. The fourth-order valence-corrected chi connectivity index (χ4v) is 0.710. The average Bonchev–Trinajstić information content (AvgIpc) is 1.93. The van der Waals surface area contributed by atoms with E-state index in [4.69, 9.17) is 22.4 Å². The average molecular weight is 162 g/mol. The van der Waals surface area contributed by atoms with Crippen LogP contribution in [0, 0.1) is 5.82 Å². The first-order chi connectivity index (χ1) is 4.63. The lowest BCUT2D eigenvalue weighted by molar-refractivity contribution is 0.433. The number of hydrogen-bond acceptors (Lipinski definition) is 2. The Bertz CT molecular complexity index is 237. The zero-order valence-electron chi connectivity index (χ0n) is 4.94. The number of halogens is 2. The van der Waals surface area contributed by atoms with Gasteiger partial charge in [-0.15, -0.1) is 0 Å². The molecule has 0 aliphatic carbocycles. The number of nitrogens with two attached hydrogens (primary N) is 1. The number of benzene rings is 1. The summed E-state index contributed by atoms with van der Waals surface area (Å²) in [5.41, 5.74) is 5.40. The molecule has 1 aromatic carbocycles. The number of hydrogen-bond donors (Lipinski definition) is 2. The largest absolute Gasteiger partial charge is 0.504 e. The number of rotatable bonds is 0. The van der Waals surface area contributed by atoms with E-state index >= 15 is 0 Å². The van der Waals surface area contributed by atoms with Crippen LogP contribution < -0.4 is 5.73 Å². The van der Waals surface area contributed by atoms with E-state index in [9.17, 15) is 4.39 Å². The number of phenols is 1. The monoisotopic (exact) mass is 161 g/mol. The van der Waals surface area contributed by atoms with Crippen LogP contribution in [0.5, 0.6) is 5.75 Å². The molecule has 0 aliphatic rings. The Morgan fingerprint density at radius 2 is 2.10 bits per heavy atom. The van der Waals surface area contributed by atoms with Crippen LogP contribution in [0.3, 0.4) is 0 Å². The molecule has 0 bridgehead atoms. The van der Waals surface area contributed by atoms with Crippen molar-refractivity contribution in [3.63, 3.8) is 0 Å². The fraction of sp³-hybridized carbons (Fsp3) is 0. The van der Waals surface area contributed by atoms with Crippen molar-refractivity contribution in [2.45, 2.75) is 0 Å². The highest BCUT2D eigenvalue weighted by Gasteiger charge is 2.06. The van der Waals surface area contributed by atoms with Crippen LogP contribution in [0.2, 0.25) is 5.02 Å². The molecular formula is C6H5ClFNO.